The zero-order valence-electron chi connectivity index (χ0n) is 22.8. The number of aromatic nitrogens is 1. The molecule has 0 radical (unpaired) electrons. The molecule has 1 aromatic heterocycles. The summed E-state index contributed by atoms with van der Waals surface area (Å²) < 4.78 is 57.3. The van der Waals surface area contributed by atoms with E-state index in [1.807, 2.05) is 0 Å². The molecular formula is C31H25N5O6S2. The summed E-state index contributed by atoms with van der Waals surface area (Å²) in [6, 6.07) is 32.4. The van der Waals surface area contributed by atoms with Gasteiger partial charge in [-0.25, -0.2) is 21.8 Å². The Morgan fingerprint density at radius 3 is 1.23 bits per heavy atom. The maximum atomic E-state index is 13.1. The van der Waals surface area contributed by atoms with Crippen molar-refractivity contribution in [1.82, 2.24) is 4.98 Å². The van der Waals surface area contributed by atoms with Gasteiger partial charge in [-0.1, -0.05) is 66.7 Å². The predicted molar refractivity (Wildman–Crippen MR) is 168 cm³/mol. The van der Waals surface area contributed by atoms with Crippen LogP contribution >= 0.6 is 0 Å². The molecule has 5 rings (SSSR count). The first kappa shape index (κ1) is 29.9. The molecule has 222 valence electrons. The van der Waals surface area contributed by atoms with Gasteiger partial charge in [0, 0.05) is 11.4 Å². The molecule has 0 saturated carbocycles. The van der Waals surface area contributed by atoms with Gasteiger partial charge >= 0.3 is 0 Å². The molecule has 44 heavy (non-hydrogen) atoms. The minimum Gasteiger partial charge on any atom is -0.319 e. The zero-order valence-corrected chi connectivity index (χ0v) is 24.5. The van der Waals surface area contributed by atoms with E-state index in [2.05, 4.69) is 25.1 Å². The Hall–Kier alpha value is -5.53. The Kier molecular flexibility index (Phi) is 8.69. The average Bonchev–Trinajstić information content (AvgIpc) is 3.02. The van der Waals surface area contributed by atoms with Crippen molar-refractivity contribution < 1.29 is 26.4 Å². The molecule has 5 aromatic rings. The third kappa shape index (κ3) is 7.09. The van der Waals surface area contributed by atoms with E-state index in [4.69, 9.17) is 0 Å². The summed E-state index contributed by atoms with van der Waals surface area (Å²) in [5.41, 5.74) is 0.351. The number of para-hydroxylation sites is 4. The number of nitrogens with one attached hydrogen (secondary N) is 4. The van der Waals surface area contributed by atoms with Crippen molar-refractivity contribution in [2.24, 2.45) is 0 Å². The normalized spacial score (nSPS) is 11.3. The number of anilines is 4. The lowest BCUT2D eigenvalue weighted by molar-refractivity contribution is 0.101. The number of rotatable bonds is 10. The Balaban J connectivity index is 1.34. The average molecular weight is 628 g/mol. The molecule has 0 saturated heterocycles. The van der Waals surface area contributed by atoms with Crippen LogP contribution in [-0.2, 0) is 20.0 Å². The van der Waals surface area contributed by atoms with Crippen LogP contribution in [0.15, 0.2) is 137 Å². The van der Waals surface area contributed by atoms with Crippen LogP contribution in [0, 0.1) is 0 Å². The number of hydrogen-bond donors (Lipinski definition) is 4. The van der Waals surface area contributed by atoms with E-state index in [1.165, 1.54) is 54.6 Å². The molecule has 0 unspecified atom stereocenters. The highest BCUT2D eigenvalue weighted by atomic mass is 32.2. The van der Waals surface area contributed by atoms with Crippen molar-refractivity contribution in [3.63, 3.8) is 0 Å². The quantitative estimate of drug-likeness (QED) is 0.166. The Labute approximate surface area is 254 Å². The number of carbonyl (C=O) groups excluding carboxylic acids is 2. The summed E-state index contributed by atoms with van der Waals surface area (Å²) >= 11 is 0. The number of pyridine rings is 1. The Morgan fingerprint density at radius 2 is 0.818 bits per heavy atom. The number of sulfonamides is 2. The standard InChI is InChI=1S/C31H25N5O6S2/c37-30(33-24-16-7-9-20-28(24)43(39,40)35-22-12-3-1-4-13-22)26-18-11-19-27(32-26)31(38)34-25-17-8-10-21-29(25)44(41,42)36-23-14-5-2-6-15-23/h1-21,35-36H,(H,33,37)(H,34,38). The molecule has 0 bridgehead atoms. The molecule has 13 heteroatoms. The summed E-state index contributed by atoms with van der Waals surface area (Å²) in [5.74, 6) is -1.53. The summed E-state index contributed by atoms with van der Waals surface area (Å²) in [6.07, 6.45) is 0. The molecule has 2 amide bonds. The van der Waals surface area contributed by atoms with E-state index in [9.17, 15) is 26.4 Å². The van der Waals surface area contributed by atoms with E-state index in [0.717, 1.165) is 0 Å². The lowest BCUT2D eigenvalue weighted by Crippen LogP contribution is -2.21. The Bertz CT molecular complexity index is 1890. The number of nitrogens with zero attached hydrogens (tertiary/aromatic N) is 1. The first-order valence-corrected chi connectivity index (χ1v) is 16.0. The third-order valence-corrected chi connectivity index (χ3v) is 8.99. The fourth-order valence-electron chi connectivity index (χ4n) is 4.10. The number of carbonyl (C=O) groups is 2. The predicted octanol–water partition coefficient (Wildman–Crippen LogP) is 5.19. The van der Waals surface area contributed by atoms with Crippen molar-refractivity contribution in [3.8, 4) is 0 Å². The summed E-state index contributed by atoms with van der Waals surface area (Å²) in [5, 5.41) is 5.09. The van der Waals surface area contributed by atoms with Gasteiger partial charge in [-0.2, -0.15) is 0 Å². The van der Waals surface area contributed by atoms with E-state index >= 15 is 0 Å². The molecule has 11 nitrogen and oxygen atoms in total. The molecule has 4 aromatic carbocycles. The van der Waals surface area contributed by atoms with Crippen LogP contribution < -0.4 is 20.1 Å². The Morgan fingerprint density at radius 1 is 0.455 bits per heavy atom. The van der Waals surface area contributed by atoms with Crippen LogP contribution in [-0.4, -0.2) is 33.6 Å². The van der Waals surface area contributed by atoms with Crippen LogP contribution in [0.5, 0.6) is 0 Å². The van der Waals surface area contributed by atoms with Crippen LogP contribution in [0.4, 0.5) is 22.7 Å². The van der Waals surface area contributed by atoms with Gasteiger partial charge in [0.25, 0.3) is 31.9 Å². The van der Waals surface area contributed by atoms with Gasteiger partial charge in [-0.3, -0.25) is 19.0 Å². The van der Waals surface area contributed by atoms with E-state index in [0.29, 0.717) is 11.4 Å². The molecule has 0 atom stereocenters. The van der Waals surface area contributed by atoms with Gasteiger partial charge in [0.05, 0.1) is 11.4 Å². The third-order valence-electron chi connectivity index (χ3n) is 6.12. The molecule has 0 spiro atoms. The van der Waals surface area contributed by atoms with Crippen molar-refractivity contribution in [3.05, 3.63) is 139 Å². The van der Waals surface area contributed by atoms with Crippen LogP contribution in [0.2, 0.25) is 0 Å². The zero-order chi connectivity index (χ0) is 31.2. The van der Waals surface area contributed by atoms with Gasteiger partial charge in [-0.05, 0) is 60.7 Å². The fourth-order valence-corrected chi connectivity index (χ4v) is 6.55. The lowest BCUT2D eigenvalue weighted by Gasteiger charge is -2.14. The maximum Gasteiger partial charge on any atom is 0.274 e. The van der Waals surface area contributed by atoms with Gasteiger partial charge in [0.2, 0.25) is 0 Å². The van der Waals surface area contributed by atoms with Crippen LogP contribution in [0.1, 0.15) is 21.0 Å². The minimum atomic E-state index is -4.07. The monoisotopic (exact) mass is 627 g/mol. The second-order valence-corrected chi connectivity index (χ2v) is 12.6. The summed E-state index contributed by atoms with van der Waals surface area (Å²) in [6.45, 7) is 0. The van der Waals surface area contributed by atoms with Gasteiger partial charge in [0.1, 0.15) is 21.2 Å². The maximum absolute atomic E-state index is 13.1. The highest BCUT2D eigenvalue weighted by molar-refractivity contribution is 7.93. The van der Waals surface area contributed by atoms with Crippen molar-refractivity contribution in [2.45, 2.75) is 9.79 Å². The second-order valence-electron chi connectivity index (χ2n) is 9.25. The molecule has 1 heterocycles. The van der Waals surface area contributed by atoms with Crippen molar-refractivity contribution >= 4 is 54.6 Å². The highest BCUT2D eigenvalue weighted by Gasteiger charge is 2.23. The van der Waals surface area contributed by atoms with Crippen LogP contribution in [0.25, 0.3) is 0 Å². The second kappa shape index (κ2) is 12.8. The molecule has 0 fully saturated rings. The first-order chi connectivity index (χ1) is 21.1. The summed E-state index contributed by atoms with van der Waals surface area (Å²) in [4.78, 5) is 30.1. The number of benzene rings is 4. The van der Waals surface area contributed by atoms with Crippen molar-refractivity contribution in [1.29, 1.82) is 0 Å². The van der Waals surface area contributed by atoms with Crippen molar-refractivity contribution in [2.75, 3.05) is 20.1 Å². The largest absolute Gasteiger partial charge is 0.319 e. The minimum absolute atomic E-state index is 0.00244. The SMILES string of the molecule is O=C(Nc1ccccc1S(=O)(=O)Nc1ccccc1)c1cccc(C(=O)Nc2ccccc2S(=O)(=O)Nc2ccccc2)n1. The molecule has 0 aliphatic heterocycles. The molecule has 0 aliphatic carbocycles. The fraction of sp³-hybridized carbons (Fsp3) is 0. The molecule has 4 N–H and O–H groups in total. The highest BCUT2D eigenvalue weighted by Crippen LogP contribution is 2.26. The molecular weight excluding hydrogens is 603 g/mol. The van der Waals surface area contributed by atoms with E-state index in [1.54, 1.807) is 72.8 Å². The number of amides is 2. The van der Waals surface area contributed by atoms with Gasteiger partial charge < -0.3 is 10.6 Å². The van der Waals surface area contributed by atoms with Crippen LogP contribution in [0.3, 0.4) is 0 Å². The van der Waals surface area contributed by atoms with Gasteiger partial charge in [0.15, 0.2) is 0 Å². The smallest absolute Gasteiger partial charge is 0.274 e. The topological polar surface area (TPSA) is 163 Å². The van der Waals surface area contributed by atoms with E-state index < -0.39 is 31.9 Å². The summed E-state index contributed by atoms with van der Waals surface area (Å²) in [7, 11) is -8.14. The van der Waals surface area contributed by atoms with E-state index in [-0.39, 0.29) is 32.6 Å². The number of hydrogen-bond acceptors (Lipinski definition) is 7. The molecule has 0 aliphatic rings. The van der Waals surface area contributed by atoms with Gasteiger partial charge in [-0.15, -0.1) is 0 Å². The lowest BCUT2D eigenvalue weighted by atomic mass is 10.2. The first-order valence-electron chi connectivity index (χ1n) is 13.1.